The van der Waals surface area contributed by atoms with Gasteiger partial charge in [0.1, 0.15) is 22.6 Å². The molecule has 0 spiro atoms. The maximum atomic E-state index is 13.5. The summed E-state index contributed by atoms with van der Waals surface area (Å²) < 4.78 is 26.9. The molecule has 4 rings (SSSR count). The van der Waals surface area contributed by atoms with Crippen molar-refractivity contribution in [1.29, 1.82) is 0 Å². The van der Waals surface area contributed by atoms with E-state index in [1.807, 2.05) is 36.6 Å². The quantitative estimate of drug-likeness (QED) is 0.586. The van der Waals surface area contributed by atoms with Crippen LogP contribution in [0, 0.1) is 24.5 Å². The Hall–Kier alpha value is -3.13. The van der Waals surface area contributed by atoms with E-state index >= 15 is 0 Å². The first kappa shape index (κ1) is 21.1. The third-order valence-corrected chi connectivity index (χ3v) is 6.15. The zero-order valence-electron chi connectivity index (χ0n) is 16.9. The number of thiazole rings is 1. The van der Waals surface area contributed by atoms with Gasteiger partial charge in [-0.25, -0.2) is 13.8 Å². The molecule has 0 bridgehead atoms. The second-order valence-corrected chi connectivity index (χ2v) is 8.37. The predicted molar refractivity (Wildman–Crippen MR) is 116 cm³/mol. The summed E-state index contributed by atoms with van der Waals surface area (Å²) >= 11 is 1.55. The molecule has 160 valence electrons. The lowest BCUT2D eigenvalue weighted by atomic mass is 10.1. The van der Waals surface area contributed by atoms with E-state index in [9.17, 15) is 18.4 Å². The van der Waals surface area contributed by atoms with E-state index < -0.39 is 23.5 Å². The summed E-state index contributed by atoms with van der Waals surface area (Å²) in [6.45, 7) is 2.63. The van der Waals surface area contributed by atoms with E-state index in [0.717, 1.165) is 34.5 Å². The highest BCUT2D eigenvalue weighted by Crippen LogP contribution is 2.27. The number of carbonyl (C=O) groups is 2. The Morgan fingerprint density at radius 3 is 2.61 bits per heavy atom. The lowest BCUT2D eigenvalue weighted by molar-refractivity contribution is -0.132. The van der Waals surface area contributed by atoms with Gasteiger partial charge in [0.2, 0.25) is 11.8 Å². The van der Waals surface area contributed by atoms with Gasteiger partial charge in [-0.2, -0.15) is 0 Å². The largest absolute Gasteiger partial charge is 0.355 e. The van der Waals surface area contributed by atoms with E-state index in [2.05, 4.69) is 10.3 Å². The molecule has 31 heavy (non-hydrogen) atoms. The molecule has 8 heteroatoms. The van der Waals surface area contributed by atoms with E-state index in [0.29, 0.717) is 19.4 Å². The summed E-state index contributed by atoms with van der Waals surface area (Å²) in [6, 6.07) is 11.1. The number of nitrogens with zero attached hydrogens (tertiary/aromatic N) is 2. The third kappa shape index (κ3) is 4.80. The Balaban J connectivity index is 1.31. The second kappa shape index (κ2) is 8.93. The van der Waals surface area contributed by atoms with Gasteiger partial charge in [0.15, 0.2) is 0 Å². The molecule has 1 saturated heterocycles. The van der Waals surface area contributed by atoms with Gasteiger partial charge < -0.3 is 10.2 Å². The predicted octanol–water partition coefficient (Wildman–Crippen LogP) is 4.11. The molecule has 1 aliphatic rings. The van der Waals surface area contributed by atoms with Crippen molar-refractivity contribution in [3.63, 3.8) is 0 Å². The van der Waals surface area contributed by atoms with Gasteiger partial charge in [0, 0.05) is 42.2 Å². The number of hydrogen-bond donors (Lipinski definition) is 1. The maximum Gasteiger partial charge on any atom is 0.239 e. The third-order valence-electron chi connectivity index (χ3n) is 5.21. The minimum Gasteiger partial charge on any atom is -0.355 e. The van der Waals surface area contributed by atoms with Crippen LogP contribution in [0.5, 0.6) is 0 Å². The van der Waals surface area contributed by atoms with Gasteiger partial charge in [-0.15, -0.1) is 11.3 Å². The summed E-state index contributed by atoms with van der Waals surface area (Å²) in [5.74, 6) is -3.20. The van der Waals surface area contributed by atoms with Crippen LogP contribution in [0.4, 0.5) is 14.5 Å². The average Bonchev–Trinajstić information content (AvgIpc) is 3.34. The molecule has 0 radical (unpaired) electrons. The molecule has 1 aliphatic heterocycles. The number of amides is 2. The molecule has 0 aliphatic carbocycles. The standard InChI is InChI=1S/C23H21F2N3O2S/c1-14-2-4-15(5-3-14)22-27-18(13-31-22)6-8-26-21(29)20-7-9-28(23(20)30)19-11-16(24)10-17(25)12-19/h2-5,10-13,20H,6-9H2,1H3,(H,26,29). The Kier molecular flexibility index (Phi) is 6.08. The molecule has 2 aromatic carbocycles. The number of anilines is 1. The van der Waals surface area contributed by atoms with Crippen LogP contribution in [0.25, 0.3) is 10.6 Å². The highest BCUT2D eigenvalue weighted by Gasteiger charge is 2.37. The lowest BCUT2D eigenvalue weighted by Gasteiger charge is -2.17. The zero-order valence-corrected chi connectivity index (χ0v) is 17.7. The van der Waals surface area contributed by atoms with Gasteiger partial charge in [-0.3, -0.25) is 9.59 Å². The molecular formula is C23H21F2N3O2S. The van der Waals surface area contributed by atoms with Crippen LogP contribution in [0.2, 0.25) is 0 Å². The molecular weight excluding hydrogens is 420 g/mol. The first-order valence-corrected chi connectivity index (χ1v) is 10.9. The number of aryl methyl sites for hydroxylation is 1. The summed E-state index contributed by atoms with van der Waals surface area (Å²) in [5.41, 5.74) is 3.24. The fourth-order valence-corrected chi connectivity index (χ4v) is 4.42. The fourth-order valence-electron chi connectivity index (χ4n) is 3.56. The van der Waals surface area contributed by atoms with Crippen LogP contribution in [0.1, 0.15) is 17.7 Å². The molecule has 1 unspecified atom stereocenters. The Labute approximate surface area is 182 Å². The highest BCUT2D eigenvalue weighted by atomic mass is 32.1. The van der Waals surface area contributed by atoms with E-state index in [4.69, 9.17) is 0 Å². The second-order valence-electron chi connectivity index (χ2n) is 7.51. The molecule has 1 fully saturated rings. The monoisotopic (exact) mass is 441 g/mol. The number of benzene rings is 2. The van der Waals surface area contributed by atoms with E-state index in [-0.39, 0.29) is 18.1 Å². The zero-order chi connectivity index (χ0) is 22.0. The minimum absolute atomic E-state index is 0.129. The van der Waals surface area contributed by atoms with Crippen LogP contribution in [-0.2, 0) is 16.0 Å². The van der Waals surface area contributed by atoms with Gasteiger partial charge in [-0.1, -0.05) is 29.8 Å². The molecule has 1 N–H and O–H groups in total. The summed E-state index contributed by atoms with van der Waals surface area (Å²) in [4.78, 5) is 31.0. The number of carbonyl (C=O) groups excluding carboxylic acids is 2. The number of aromatic nitrogens is 1. The summed E-state index contributed by atoms with van der Waals surface area (Å²) in [5, 5.41) is 5.67. The van der Waals surface area contributed by atoms with Crippen LogP contribution in [0.15, 0.2) is 47.8 Å². The lowest BCUT2D eigenvalue weighted by Crippen LogP contribution is -2.37. The first-order chi connectivity index (χ1) is 14.9. The molecule has 2 heterocycles. The molecule has 3 aromatic rings. The molecule has 5 nitrogen and oxygen atoms in total. The Morgan fingerprint density at radius 1 is 1.19 bits per heavy atom. The van der Waals surface area contributed by atoms with E-state index in [1.165, 1.54) is 10.5 Å². The van der Waals surface area contributed by atoms with Crippen molar-refractivity contribution in [3.8, 4) is 10.6 Å². The van der Waals surface area contributed by atoms with Crippen molar-refractivity contribution in [2.24, 2.45) is 5.92 Å². The van der Waals surface area contributed by atoms with Crippen molar-refractivity contribution in [2.45, 2.75) is 19.8 Å². The number of nitrogens with one attached hydrogen (secondary N) is 1. The molecule has 1 atom stereocenters. The number of rotatable bonds is 6. The van der Waals surface area contributed by atoms with Crippen molar-refractivity contribution in [1.82, 2.24) is 10.3 Å². The molecule has 0 saturated carbocycles. The van der Waals surface area contributed by atoms with Crippen LogP contribution < -0.4 is 10.2 Å². The first-order valence-electron chi connectivity index (χ1n) is 9.97. The van der Waals surface area contributed by atoms with Crippen molar-refractivity contribution >= 4 is 28.8 Å². The van der Waals surface area contributed by atoms with Crippen LogP contribution in [0.3, 0.4) is 0 Å². The van der Waals surface area contributed by atoms with Crippen molar-refractivity contribution in [2.75, 3.05) is 18.0 Å². The Bertz CT molecular complexity index is 1090. The van der Waals surface area contributed by atoms with Gasteiger partial charge >= 0.3 is 0 Å². The smallest absolute Gasteiger partial charge is 0.239 e. The minimum atomic E-state index is -0.857. The topological polar surface area (TPSA) is 62.3 Å². The number of hydrogen-bond acceptors (Lipinski definition) is 4. The van der Waals surface area contributed by atoms with Gasteiger partial charge in [0.25, 0.3) is 0 Å². The Morgan fingerprint density at radius 2 is 1.90 bits per heavy atom. The fraction of sp³-hybridized carbons (Fsp3) is 0.261. The van der Waals surface area contributed by atoms with E-state index in [1.54, 1.807) is 11.3 Å². The highest BCUT2D eigenvalue weighted by molar-refractivity contribution is 7.13. The summed E-state index contributed by atoms with van der Waals surface area (Å²) in [6.07, 6.45) is 0.852. The number of halogens is 2. The van der Waals surface area contributed by atoms with Gasteiger partial charge in [0.05, 0.1) is 5.69 Å². The summed E-state index contributed by atoms with van der Waals surface area (Å²) in [7, 11) is 0. The molecule has 1 aromatic heterocycles. The SMILES string of the molecule is Cc1ccc(-c2nc(CCNC(=O)C3CCN(c4cc(F)cc(F)c4)C3=O)cs2)cc1. The molecule has 2 amide bonds. The average molecular weight is 442 g/mol. The van der Waals surface area contributed by atoms with Gasteiger partial charge in [-0.05, 0) is 25.5 Å². The van der Waals surface area contributed by atoms with Crippen LogP contribution in [-0.4, -0.2) is 29.9 Å². The maximum absolute atomic E-state index is 13.5. The normalized spacial score (nSPS) is 16.0. The van der Waals surface area contributed by atoms with Crippen molar-refractivity contribution in [3.05, 3.63) is 70.7 Å². The van der Waals surface area contributed by atoms with Crippen LogP contribution >= 0.6 is 11.3 Å². The van der Waals surface area contributed by atoms with Crippen molar-refractivity contribution < 1.29 is 18.4 Å².